The van der Waals surface area contributed by atoms with Crippen molar-refractivity contribution in [3.8, 4) is 5.75 Å². The number of hydrogen-bond acceptors (Lipinski definition) is 4. The normalized spacial score (nSPS) is 17.4. The Kier molecular flexibility index (Phi) is 5.99. The molecule has 1 heterocycles. The number of carbonyl (C=O) groups is 1. The summed E-state index contributed by atoms with van der Waals surface area (Å²) in [5.74, 6) is 0.378. The number of fused-ring (bicyclic) bond motifs is 1. The monoisotopic (exact) mass is 481 g/mol. The molecule has 0 aromatic heterocycles. The first-order valence-electron chi connectivity index (χ1n) is 9.54. The Morgan fingerprint density at radius 3 is 2.40 bits per heavy atom. The highest BCUT2D eigenvalue weighted by Gasteiger charge is 2.32. The highest BCUT2D eigenvalue weighted by Crippen LogP contribution is 2.42. The van der Waals surface area contributed by atoms with Gasteiger partial charge in [0.2, 0.25) is 5.78 Å². The average Bonchev–Trinajstić information content (AvgIpc) is 2.98. The van der Waals surface area contributed by atoms with E-state index in [1.54, 1.807) is 18.2 Å². The van der Waals surface area contributed by atoms with Crippen LogP contribution in [0.3, 0.4) is 0 Å². The van der Waals surface area contributed by atoms with Gasteiger partial charge in [-0.2, -0.15) is 13.2 Å². The van der Waals surface area contributed by atoms with Crippen LogP contribution in [0.15, 0.2) is 46.9 Å². The van der Waals surface area contributed by atoms with Gasteiger partial charge < -0.3 is 9.47 Å². The fraction of sp³-hybridized carbons (Fsp3) is 0.318. The molecular weight excluding hydrogens is 463 g/mol. The van der Waals surface area contributed by atoms with Crippen LogP contribution < -0.4 is 4.74 Å². The summed E-state index contributed by atoms with van der Waals surface area (Å²) in [5.41, 5.74) is 1.55. The van der Waals surface area contributed by atoms with Crippen LogP contribution in [0.1, 0.15) is 27.0 Å². The lowest BCUT2D eigenvalue weighted by Gasteiger charge is -2.26. The van der Waals surface area contributed by atoms with Crippen molar-refractivity contribution < 1.29 is 27.4 Å². The van der Waals surface area contributed by atoms with E-state index < -0.39 is 11.7 Å². The quantitative estimate of drug-likeness (QED) is 0.616. The van der Waals surface area contributed by atoms with Crippen molar-refractivity contribution in [3.05, 3.63) is 69.2 Å². The molecule has 158 valence electrons. The van der Waals surface area contributed by atoms with E-state index in [0.717, 1.165) is 45.0 Å². The molecule has 2 aromatic carbocycles. The number of alkyl halides is 3. The molecule has 2 aliphatic rings. The van der Waals surface area contributed by atoms with Gasteiger partial charge >= 0.3 is 6.18 Å². The van der Waals surface area contributed by atoms with E-state index in [-0.39, 0.29) is 5.78 Å². The summed E-state index contributed by atoms with van der Waals surface area (Å²) in [6.07, 6.45) is -4.40. The number of benzene rings is 2. The molecule has 8 heteroatoms. The van der Waals surface area contributed by atoms with Gasteiger partial charge in [-0.05, 0) is 57.4 Å². The van der Waals surface area contributed by atoms with Crippen LogP contribution in [0.4, 0.5) is 13.2 Å². The number of rotatable bonds is 5. The molecule has 1 aliphatic carbocycles. The third-order valence-corrected chi connectivity index (χ3v) is 5.96. The lowest BCUT2D eigenvalue weighted by atomic mass is 9.98. The summed E-state index contributed by atoms with van der Waals surface area (Å²) in [6.45, 7) is 4.46. The second-order valence-corrected chi connectivity index (χ2v) is 7.90. The molecule has 0 spiro atoms. The summed E-state index contributed by atoms with van der Waals surface area (Å²) in [6, 6.07) is 10.1. The standard InChI is InChI=1S/C22H19BrF3NO3/c23-20-19(14-1-3-15(4-2-14)22(24,25)26)17-6-5-16(13-18(17)21(20)28)30-12-9-27-7-10-29-11-8-27/h1-6,13H,7-12H2. The minimum Gasteiger partial charge on any atom is -0.492 e. The predicted molar refractivity (Wildman–Crippen MR) is 110 cm³/mol. The van der Waals surface area contributed by atoms with Gasteiger partial charge in [0.05, 0.1) is 23.3 Å². The van der Waals surface area contributed by atoms with Crippen LogP contribution >= 0.6 is 15.9 Å². The summed E-state index contributed by atoms with van der Waals surface area (Å²) >= 11 is 3.32. The third-order valence-electron chi connectivity index (χ3n) is 5.20. The zero-order chi connectivity index (χ0) is 21.3. The van der Waals surface area contributed by atoms with Gasteiger partial charge in [0, 0.05) is 30.8 Å². The molecular formula is C22H19BrF3NO3. The van der Waals surface area contributed by atoms with Gasteiger partial charge in [-0.15, -0.1) is 0 Å². The Morgan fingerprint density at radius 1 is 1.03 bits per heavy atom. The maximum atomic E-state index is 12.8. The third kappa shape index (κ3) is 4.31. The number of hydrogen-bond donors (Lipinski definition) is 0. The lowest BCUT2D eigenvalue weighted by Crippen LogP contribution is -2.38. The molecule has 30 heavy (non-hydrogen) atoms. The Labute approximate surface area is 180 Å². The Hall–Kier alpha value is -2.16. The molecule has 0 radical (unpaired) electrons. The highest BCUT2D eigenvalue weighted by atomic mass is 79.9. The second kappa shape index (κ2) is 8.53. The number of Topliss-reactive ketones (excluding diaryl/α,β-unsaturated/α-hetero) is 1. The fourth-order valence-corrected chi connectivity index (χ4v) is 4.25. The van der Waals surface area contributed by atoms with Crippen LogP contribution in [-0.2, 0) is 10.9 Å². The highest BCUT2D eigenvalue weighted by molar-refractivity contribution is 9.12. The smallest absolute Gasteiger partial charge is 0.416 e. The molecule has 0 unspecified atom stereocenters. The molecule has 0 N–H and O–H groups in total. The lowest BCUT2D eigenvalue weighted by molar-refractivity contribution is -0.137. The van der Waals surface area contributed by atoms with Crippen molar-refractivity contribution >= 4 is 27.3 Å². The van der Waals surface area contributed by atoms with Crippen LogP contribution in [-0.4, -0.2) is 50.1 Å². The molecule has 0 atom stereocenters. The minimum absolute atomic E-state index is 0.210. The van der Waals surface area contributed by atoms with E-state index in [9.17, 15) is 18.0 Å². The largest absolute Gasteiger partial charge is 0.492 e. The summed E-state index contributed by atoms with van der Waals surface area (Å²) in [7, 11) is 0. The van der Waals surface area contributed by atoms with Gasteiger partial charge in [0.25, 0.3) is 0 Å². The van der Waals surface area contributed by atoms with Crippen molar-refractivity contribution in [3.63, 3.8) is 0 Å². The number of allylic oxidation sites excluding steroid dienone is 1. The summed E-state index contributed by atoms with van der Waals surface area (Å²) in [5, 5.41) is 0. The van der Waals surface area contributed by atoms with E-state index in [0.29, 0.717) is 39.1 Å². The van der Waals surface area contributed by atoms with Gasteiger partial charge in [0.1, 0.15) is 12.4 Å². The van der Waals surface area contributed by atoms with Crippen molar-refractivity contribution in [2.75, 3.05) is 39.5 Å². The van der Waals surface area contributed by atoms with Gasteiger partial charge in [0.15, 0.2) is 0 Å². The molecule has 4 rings (SSSR count). The maximum absolute atomic E-state index is 12.8. The molecule has 4 nitrogen and oxygen atoms in total. The van der Waals surface area contributed by atoms with Crippen LogP contribution in [0.5, 0.6) is 5.75 Å². The SMILES string of the molecule is O=C1C(Br)=C(c2ccc(C(F)(F)F)cc2)c2ccc(OCCN3CCOCC3)cc21. The van der Waals surface area contributed by atoms with Gasteiger partial charge in [-0.1, -0.05) is 12.1 Å². The van der Waals surface area contributed by atoms with Crippen molar-refractivity contribution in [2.24, 2.45) is 0 Å². The van der Waals surface area contributed by atoms with E-state index in [4.69, 9.17) is 9.47 Å². The molecule has 1 saturated heterocycles. The van der Waals surface area contributed by atoms with Crippen LogP contribution in [0.2, 0.25) is 0 Å². The Balaban J connectivity index is 1.50. The van der Waals surface area contributed by atoms with E-state index in [1.807, 2.05) is 0 Å². The minimum atomic E-state index is -4.40. The number of ketones is 1. The second-order valence-electron chi connectivity index (χ2n) is 7.10. The first kappa shape index (κ1) is 21.1. The molecule has 2 aromatic rings. The van der Waals surface area contributed by atoms with E-state index in [2.05, 4.69) is 20.8 Å². The molecule has 0 bridgehead atoms. The molecule has 0 amide bonds. The van der Waals surface area contributed by atoms with E-state index >= 15 is 0 Å². The number of halogens is 4. The number of ether oxygens (including phenoxy) is 2. The fourth-order valence-electron chi connectivity index (χ4n) is 3.59. The van der Waals surface area contributed by atoms with Gasteiger partial charge in [-0.3, -0.25) is 9.69 Å². The van der Waals surface area contributed by atoms with Crippen LogP contribution in [0, 0.1) is 0 Å². The van der Waals surface area contributed by atoms with Crippen molar-refractivity contribution in [2.45, 2.75) is 6.18 Å². The first-order valence-corrected chi connectivity index (χ1v) is 10.3. The number of carbonyl (C=O) groups excluding carboxylic acids is 1. The molecule has 1 aliphatic heterocycles. The zero-order valence-corrected chi connectivity index (χ0v) is 17.6. The van der Waals surface area contributed by atoms with Crippen molar-refractivity contribution in [1.82, 2.24) is 4.90 Å². The predicted octanol–water partition coefficient (Wildman–Crippen LogP) is 4.77. The average molecular weight is 482 g/mol. The summed E-state index contributed by atoms with van der Waals surface area (Å²) in [4.78, 5) is 15.0. The number of morpholine rings is 1. The van der Waals surface area contributed by atoms with Gasteiger partial charge in [-0.25, -0.2) is 0 Å². The number of nitrogens with zero attached hydrogens (tertiary/aromatic N) is 1. The first-order chi connectivity index (χ1) is 14.3. The zero-order valence-electron chi connectivity index (χ0n) is 16.0. The summed E-state index contributed by atoms with van der Waals surface area (Å²) < 4.78 is 50.0. The van der Waals surface area contributed by atoms with Crippen molar-refractivity contribution in [1.29, 1.82) is 0 Å². The van der Waals surface area contributed by atoms with Crippen LogP contribution in [0.25, 0.3) is 5.57 Å². The maximum Gasteiger partial charge on any atom is 0.416 e. The van der Waals surface area contributed by atoms with E-state index in [1.165, 1.54) is 12.1 Å². The molecule has 0 saturated carbocycles. The Morgan fingerprint density at radius 2 is 1.73 bits per heavy atom. The topological polar surface area (TPSA) is 38.8 Å². The molecule has 1 fully saturated rings. The Bertz CT molecular complexity index is 980.